The van der Waals surface area contributed by atoms with Gasteiger partial charge in [-0.25, -0.2) is 0 Å². The van der Waals surface area contributed by atoms with Crippen molar-refractivity contribution in [3.8, 4) is 11.8 Å². The molecule has 2 aromatic carbocycles. The van der Waals surface area contributed by atoms with Crippen molar-refractivity contribution in [2.75, 3.05) is 5.32 Å². The first-order valence-corrected chi connectivity index (χ1v) is 7.27. The van der Waals surface area contributed by atoms with Crippen molar-refractivity contribution in [2.45, 2.75) is 6.92 Å². The molecule has 110 valence electrons. The van der Waals surface area contributed by atoms with Crippen LogP contribution in [0.4, 0.5) is 5.69 Å². The van der Waals surface area contributed by atoms with Gasteiger partial charge >= 0.3 is 0 Å². The lowest BCUT2D eigenvalue weighted by Crippen LogP contribution is -2.13. The highest BCUT2D eigenvalue weighted by Gasteiger charge is 2.10. The van der Waals surface area contributed by atoms with E-state index >= 15 is 0 Å². The second-order valence-electron chi connectivity index (χ2n) is 4.70. The summed E-state index contributed by atoms with van der Waals surface area (Å²) in [5.41, 5.74) is 2.34. The quantitative estimate of drug-likeness (QED) is 0.644. The van der Waals surface area contributed by atoms with Crippen LogP contribution in [0.1, 0.15) is 11.1 Å². The minimum absolute atomic E-state index is 0.0156. The SMILES string of the molecule is Cc1ccc(NC(=O)/C(C#N)=C\c2ccc(O)c(Br)c2)cc1. The fourth-order valence-electron chi connectivity index (χ4n) is 1.76. The van der Waals surface area contributed by atoms with Crippen LogP contribution in [-0.2, 0) is 4.79 Å². The molecule has 0 saturated heterocycles. The van der Waals surface area contributed by atoms with Crippen LogP contribution < -0.4 is 5.32 Å². The van der Waals surface area contributed by atoms with E-state index in [0.717, 1.165) is 5.56 Å². The second kappa shape index (κ2) is 6.92. The van der Waals surface area contributed by atoms with E-state index in [9.17, 15) is 9.90 Å². The summed E-state index contributed by atoms with van der Waals surface area (Å²) in [6, 6.07) is 13.9. The number of benzene rings is 2. The molecule has 0 aliphatic heterocycles. The van der Waals surface area contributed by atoms with E-state index in [1.165, 1.54) is 12.1 Å². The maximum absolute atomic E-state index is 12.1. The van der Waals surface area contributed by atoms with E-state index in [1.54, 1.807) is 24.3 Å². The smallest absolute Gasteiger partial charge is 0.266 e. The Hall–Kier alpha value is -2.58. The summed E-state index contributed by atoms with van der Waals surface area (Å²) >= 11 is 3.19. The minimum atomic E-state index is -0.476. The lowest BCUT2D eigenvalue weighted by Gasteiger charge is -2.05. The predicted molar refractivity (Wildman–Crippen MR) is 89.2 cm³/mol. The molecule has 0 fully saturated rings. The van der Waals surface area contributed by atoms with Crippen molar-refractivity contribution in [3.05, 3.63) is 63.6 Å². The van der Waals surface area contributed by atoms with Gasteiger partial charge in [0.1, 0.15) is 17.4 Å². The topological polar surface area (TPSA) is 73.1 Å². The van der Waals surface area contributed by atoms with Crippen LogP contribution in [0.5, 0.6) is 5.75 Å². The molecule has 0 aliphatic rings. The number of hydrogen-bond donors (Lipinski definition) is 2. The van der Waals surface area contributed by atoms with Crippen molar-refractivity contribution in [1.29, 1.82) is 5.26 Å². The monoisotopic (exact) mass is 356 g/mol. The zero-order valence-corrected chi connectivity index (χ0v) is 13.4. The molecule has 22 heavy (non-hydrogen) atoms. The Kier molecular flexibility index (Phi) is 4.97. The highest BCUT2D eigenvalue weighted by atomic mass is 79.9. The molecule has 4 nitrogen and oxygen atoms in total. The first-order valence-electron chi connectivity index (χ1n) is 6.48. The number of nitrogens with zero attached hydrogens (tertiary/aromatic N) is 1. The average Bonchev–Trinajstić information content (AvgIpc) is 2.50. The van der Waals surface area contributed by atoms with Gasteiger partial charge in [0.25, 0.3) is 5.91 Å². The van der Waals surface area contributed by atoms with Gasteiger partial charge in [-0.1, -0.05) is 23.8 Å². The van der Waals surface area contributed by atoms with Crippen LogP contribution in [0.15, 0.2) is 52.5 Å². The van der Waals surface area contributed by atoms with Gasteiger partial charge in [-0.05, 0) is 58.8 Å². The molecule has 0 heterocycles. The number of amides is 1. The number of hydrogen-bond acceptors (Lipinski definition) is 3. The van der Waals surface area contributed by atoms with Crippen LogP contribution in [-0.4, -0.2) is 11.0 Å². The highest BCUT2D eigenvalue weighted by Crippen LogP contribution is 2.25. The second-order valence-corrected chi connectivity index (χ2v) is 5.56. The van der Waals surface area contributed by atoms with Gasteiger partial charge in [0, 0.05) is 5.69 Å². The molecule has 2 rings (SSSR count). The van der Waals surface area contributed by atoms with E-state index in [0.29, 0.717) is 15.7 Å². The number of rotatable bonds is 3. The van der Waals surface area contributed by atoms with Crippen molar-refractivity contribution in [3.63, 3.8) is 0 Å². The zero-order valence-electron chi connectivity index (χ0n) is 11.8. The Morgan fingerprint density at radius 3 is 2.55 bits per heavy atom. The van der Waals surface area contributed by atoms with E-state index in [-0.39, 0.29) is 11.3 Å². The predicted octanol–water partition coefficient (Wildman–Crippen LogP) is 4.01. The fourth-order valence-corrected chi connectivity index (χ4v) is 2.16. The third-order valence-electron chi connectivity index (χ3n) is 2.96. The lowest BCUT2D eigenvalue weighted by molar-refractivity contribution is -0.112. The number of carbonyl (C=O) groups is 1. The van der Waals surface area contributed by atoms with Gasteiger partial charge < -0.3 is 10.4 Å². The molecular formula is C17H13BrN2O2. The summed E-state index contributed by atoms with van der Waals surface area (Å²) in [5, 5.41) is 21.3. The van der Waals surface area contributed by atoms with Crippen LogP contribution in [0.25, 0.3) is 6.08 Å². The molecule has 0 spiro atoms. The van der Waals surface area contributed by atoms with Gasteiger partial charge in [-0.2, -0.15) is 5.26 Å². The van der Waals surface area contributed by atoms with E-state index in [1.807, 2.05) is 25.1 Å². The molecule has 5 heteroatoms. The molecule has 0 aliphatic carbocycles. The number of aromatic hydroxyl groups is 1. The van der Waals surface area contributed by atoms with E-state index in [2.05, 4.69) is 21.2 Å². The number of carbonyl (C=O) groups excluding carboxylic acids is 1. The largest absolute Gasteiger partial charge is 0.507 e. The Morgan fingerprint density at radius 2 is 1.95 bits per heavy atom. The number of anilines is 1. The minimum Gasteiger partial charge on any atom is -0.507 e. The third-order valence-corrected chi connectivity index (χ3v) is 3.59. The molecular weight excluding hydrogens is 344 g/mol. The third kappa shape index (κ3) is 3.96. The zero-order chi connectivity index (χ0) is 16.1. The number of phenolic OH excluding ortho intramolecular Hbond substituents is 1. The average molecular weight is 357 g/mol. The molecule has 2 aromatic rings. The molecule has 1 amide bonds. The summed E-state index contributed by atoms with van der Waals surface area (Å²) in [6.07, 6.45) is 1.47. The first kappa shape index (κ1) is 15.8. The highest BCUT2D eigenvalue weighted by molar-refractivity contribution is 9.10. The van der Waals surface area contributed by atoms with Crippen molar-refractivity contribution < 1.29 is 9.90 Å². The fraction of sp³-hybridized carbons (Fsp3) is 0.0588. The Labute approximate surface area is 136 Å². The number of halogens is 1. The van der Waals surface area contributed by atoms with Crippen molar-refractivity contribution >= 4 is 33.6 Å². The maximum Gasteiger partial charge on any atom is 0.266 e. The molecule has 0 atom stereocenters. The Bertz CT molecular complexity index is 774. The number of aryl methyl sites for hydroxylation is 1. The summed E-state index contributed by atoms with van der Waals surface area (Å²) < 4.78 is 0.498. The normalized spacial score (nSPS) is 10.9. The maximum atomic E-state index is 12.1. The molecule has 0 saturated carbocycles. The van der Waals surface area contributed by atoms with Crippen molar-refractivity contribution in [2.24, 2.45) is 0 Å². The van der Waals surface area contributed by atoms with Gasteiger partial charge in [0.2, 0.25) is 0 Å². The molecule has 0 aromatic heterocycles. The molecule has 0 bridgehead atoms. The van der Waals surface area contributed by atoms with Crippen molar-refractivity contribution in [1.82, 2.24) is 0 Å². The van der Waals surface area contributed by atoms with Gasteiger partial charge in [0.15, 0.2) is 0 Å². The number of nitriles is 1. The summed E-state index contributed by atoms with van der Waals surface area (Å²) in [5.74, 6) is -0.379. The standard InChI is InChI=1S/C17H13BrN2O2/c1-11-2-5-14(6-3-11)20-17(22)13(10-19)8-12-4-7-16(21)15(18)9-12/h2-9,21H,1H3,(H,20,22)/b13-8-. The summed E-state index contributed by atoms with van der Waals surface area (Å²) in [7, 11) is 0. The summed E-state index contributed by atoms with van der Waals surface area (Å²) in [6.45, 7) is 1.95. The Balaban J connectivity index is 2.21. The molecule has 0 radical (unpaired) electrons. The van der Waals surface area contributed by atoms with Gasteiger partial charge in [-0.15, -0.1) is 0 Å². The first-order chi connectivity index (χ1) is 10.5. The van der Waals surface area contributed by atoms with Crippen LogP contribution >= 0.6 is 15.9 Å². The van der Waals surface area contributed by atoms with Crippen LogP contribution in [0.3, 0.4) is 0 Å². The van der Waals surface area contributed by atoms with Gasteiger partial charge in [-0.3, -0.25) is 4.79 Å². The van der Waals surface area contributed by atoms with Crippen LogP contribution in [0, 0.1) is 18.3 Å². The Morgan fingerprint density at radius 1 is 1.27 bits per heavy atom. The molecule has 0 unspecified atom stereocenters. The van der Waals surface area contributed by atoms with E-state index < -0.39 is 5.91 Å². The van der Waals surface area contributed by atoms with Crippen LogP contribution in [0.2, 0.25) is 0 Å². The molecule has 2 N–H and O–H groups in total. The van der Waals surface area contributed by atoms with Gasteiger partial charge in [0.05, 0.1) is 4.47 Å². The van der Waals surface area contributed by atoms with E-state index in [4.69, 9.17) is 5.26 Å². The summed E-state index contributed by atoms with van der Waals surface area (Å²) in [4.78, 5) is 12.1. The number of phenols is 1. The lowest BCUT2D eigenvalue weighted by atomic mass is 10.1. The number of nitrogens with one attached hydrogen (secondary N) is 1.